The van der Waals surface area contributed by atoms with E-state index in [2.05, 4.69) is 0 Å². The molecule has 2 fully saturated rings. The quantitative estimate of drug-likeness (QED) is 0.661. The van der Waals surface area contributed by atoms with Crippen LogP contribution < -0.4 is 5.73 Å². The van der Waals surface area contributed by atoms with Crippen LogP contribution in [-0.2, 0) is 14.6 Å². The van der Waals surface area contributed by atoms with E-state index in [0.29, 0.717) is 25.9 Å². The van der Waals surface area contributed by atoms with Gasteiger partial charge < -0.3 is 10.6 Å². The molecule has 1 amide bonds. The van der Waals surface area contributed by atoms with Gasteiger partial charge in [0.25, 0.3) is 0 Å². The van der Waals surface area contributed by atoms with Gasteiger partial charge in [-0.25, -0.2) is 8.42 Å². The fourth-order valence-corrected chi connectivity index (χ4v) is 4.16. The number of nitrogens with two attached hydrogens (primary N) is 1. The monoisotopic (exact) mass is 232 g/mol. The van der Waals surface area contributed by atoms with Gasteiger partial charge >= 0.3 is 0 Å². The van der Waals surface area contributed by atoms with Gasteiger partial charge in [-0.2, -0.15) is 0 Å². The number of sulfone groups is 1. The third-order valence-corrected chi connectivity index (χ3v) is 4.89. The van der Waals surface area contributed by atoms with Gasteiger partial charge in [0.2, 0.25) is 5.91 Å². The van der Waals surface area contributed by atoms with Gasteiger partial charge in [-0.3, -0.25) is 4.79 Å². The van der Waals surface area contributed by atoms with Gasteiger partial charge in [-0.1, -0.05) is 0 Å². The first-order valence-corrected chi connectivity index (χ1v) is 7.02. The summed E-state index contributed by atoms with van der Waals surface area (Å²) in [4.78, 5) is 13.1. The summed E-state index contributed by atoms with van der Waals surface area (Å²) in [6.45, 7) is 1.14. The molecular formula is C9H16N2O3S. The van der Waals surface area contributed by atoms with E-state index in [1.807, 2.05) is 0 Å². The van der Waals surface area contributed by atoms with Crippen LogP contribution in [0.5, 0.6) is 0 Å². The Balaban J connectivity index is 1.91. The molecule has 0 radical (unpaired) electrons. The maximum atomic E-state index is 11.4. The molecule has 0 aromatic rings. The number of likely N-dealkylation sites (tertiary alicyclic amines) is 1. The van der Waals surface area contributed by atoms with Crippen molar-refractivity contribution in [2.45, 2.75) is 18.9 Å². The van der Waals surface area contributed by atoms with E-state index in [4.69, 9.17) is 5.73 Å². The van der Waals surface area contributed by atoms with E-state index in [-0.39, 0.29) is 29.4 Å². The van der Waals surface area contributed by atoms with Crippen LogP contribution in [0.2, 0.25) is 0 Å². The summed E-state index contributed by atoms with van der Waals surface area (Å²) >= 11 is 0. The van der Waals surface area contributed by atoms with E-state index >= 15 is 0 Å². The Morgan fingerprint density at radius 2 is 2.20 bits per heavy atom. The molecule has 2 aliphatic heterocycles. The van der Waals surface area contributed by atoms with Crippen LogP contribution in [0.4, 0.5) is 0 Å². The Bertz CT molecular complexity index is 366. The van der Waals surface area contributed by atoms with Crippen molar-refractivity contribution in [2.75, 3.05) is 24.6 Å². The van der Waals surface area contributed by atoms with Crippen molar-refractivity contribution >= 4 is 15.7 Å². The summed E-state index contributed by atoms with van der Waals surface area (Å²) in [5.74, 6) is 0.675. The van der Waals surface area contributed by atoms with E-state index in [1.54, 1.807) is 4.90 Å². The van der Waals surface area contributed by atoms with Crippen LogP contribution in [0, 0.1) is 5.92 Å². The highest BCUT2D eigenvalue weighted by atomic mass is 32.2. The van der Waals surface area contributed by atoms with Gasteiger partial charge in [0, 0.05) is 25.6 Å². The van der Waals surface area contributed by atoms with Gasteiger partial charge in [-0.05, 0) is 12.3 Å². The van der Waals surface area contributed by atoms with Gasteiger partial charge in [0.15, 0.2) is 9.84 Å². The maximum Gasteiger partial charge on any atom is 0.224 e. The predicted octanol–water partition coefficient (Wildman–Crippen LogP) is -1.02. The van der Waals surface area contributed by atoms with Gasteiger partial charge in [0.05, 0.1) is 11.5 Å². The molecule has 5 nitrogen and oxygen atoms in total. The Morgan fingerprint density at radius 1 is 1.47 bits per heavy atom. The molecule has 0 aromatic carbocycles. The minimum Gasteiger partial charge on any atom is -0.341 e. The number of carbonyl (C=O) groups is 1. The zero-order valence-corrected chi connectivity index (χ0v) is 9.37. The molecule has 0 bridgehead atoms. The summed E-state index contributed by atoms with van der Waals surface area (Å²) in [5.41, 5.74) is 5.66. The SMILES string of the molecule is NC1CC(=O)N(CC2CCS(=O)(=O)C2)C1. The van der Waals surface area contributed by atoms with Crippen LogP contribution in [0.15, 0.2) is 0 Å². The molecule has 2 atom stereocenters. The van der Waals surface area contributed by atoms with Crippen molar-refractivity contribution < 1.29 is 13.2 Å². The second-order valence-electron chi connectivity index (χ2n) is 4.53. The smallest absolute Gasteiger partial charge is 0.224 e. The first kappa shape index (κ1) is 10.9. The largest absolute Gasteiger partial charge is 0.341 e. The molecule has 2 saturated heterocycles. The van der Waals surface area contributed by atoms with E-state index in [9.17, 15) is 13.2 Å². The number of hydrogen-bond acceptors (Lipinski definition) is 4. The van der Waals surface area contributed by atoms with E-state index in [0.717, 1.165) is 0 Å². The van der Waals surface area contributed by atoms with Crippen LogP contribution >= 0.6 is 0 Å². The lowest BCUT2D eigenvalue weighted by Crippen LogP contribution is -2.33. The van der Waals surface area contributed by atoms with Crippen molar-refractivity contribution in [2.24, 2.45) is 11.7 Å². The molecule has 6 heteroatoms. The second kappa shape index (κ2) is 3.75. The average Bonchev–Trinajstić information content (AvgIpc) is 2.57. The molecule has 15 heavy (non-hydrogen) atoms. The topological polar surface area (TPSA) is 80.5 Å². The first-order chi connectivity index (χ1) is 6.96. The minimum atomic E-state index is -2.84. The molecule has 86 valence electrons. The molecular weight excluding hydrogens is 216 g/mol. The average molecular weight is 232 g/mol. The van der Waals surface area contributed by atoms with Crippen molar-refractivity contribution in [1.82, 2.24) is 4.90 Å². The lowest BCUT2D eigenvalue weighted by molar-refractivity contribution is -0.128. The zero-order chi connectivity index (χ0) is 11.1. The van der Waals surface area contributed by atoms with Crippen LogP contribution in [-0.4, -0.2) is 49.9 Å². The van der Waals surface area contributed by atoms with Gasteiger partial charge in [-0.15, -0.1) is 0 Å². The minimum absolute atomic E-state index is 0.0618. The molecule has 2 N–H and O–H groups in total. The number of rotatable bonds is 2. The fraction of sp³-hybridized carbons (Fsp3) is 0.889. The molecule has 0 aromatic heterocycles. The van der Waals surface area contributed by atoms with Crippen LogP contribution in [0.1, 0.15) is 12.8 Å². The molecule has 2 heterocycles. The fourth-order valence-electron chi connectivity index (χ4n) is 2.31. The highest BCUT2D eigenvalue weighted by Gasteiger charge is 2.33. The lowest BCUT2D eigenvalue weighted by Gasteiger charge is -2.19. The number of carbonyl (C=O) groups excluding carboxylic acids is 1. The second-order valence-corrected chi connectivity index (χ2v) is 6.76. The Labute approximate surface area is 89.5 Å². The summed E-state index contributed by atoms with van der Waals surface area (Å²) < 4.78 is 22.5. The summed E-state index contributed by atoms with van der Waals surface area (Å²) in [6.07, 6.45) is 1.08. The molecule has 0 aliphatic carbocycles. The normalized spacial score (nSPS) is 35.0. The molecule has 0 saturated carbocycles. The highest BCUT2D eigenvalue weighted by molar-refractivity contribution is 7.91. The third kappa shape index (κ3) is 2.49. The van der Waals surface area contributed by atoms with Crippen molar-refractivity contribution in [3.63, 3.8) is 0 Å². The number of amides is 1. The number of nitrogens with zero attached hydrogens (tertiary/aromatic N) is 1. The van der Waals surface area contributed by atoms with Crippen LogP contribution in [0.3, 0.4) is 0 Å². The van der Waals surface area contributed by atoms with Crippen molar-refractivity contribution in [3.05, 3.63) is 0 Å². The predicted molar refractivity (Wildman–Crippen MR) is 55.9 cm³/mol. The zero-order valence-electron chi connectivity index (χ0n) is 8.55. The molecule has 2 rings (SSSR count). The lowest BCUT2D eigenvalue weighted by atomic mass is 10.1. The molecule has 2 unspecified atom stereocenters. The Hall–Kier alpha value is -0.620. The van der Waals surface area contributed by atoms with E-state index in [1.165, 1.54) is 0 Å². The summed E-state index contributed by atoms with van der Waals surface area (Å²) in [7, 11) is -2.84. The van der Waals surface area contributed by atoms with Crippen LogP contribution in [0.25, 0.3) is 0 Å². The maximum absolute atomic E-state index is 11.4. The van der Waals surface area contributed by atoms with Gasteiger partial charge in [0.1, 0.15) is 0 Å². The van der Waals surface area contributed by atoms with Crippen molar-refractivity contribution in [3.8, 4) is 0 Å². The Morgan fingerprint density at radius 3 is 2.67 bits per heavy atom. The highest BCUT2D eigenvalue weighted by Crippen LogP contribution is 2.21. The molecule has 0 spiro atoms. The molecule has 2 aliphatic rings. The van der Waals surface area contributed by atoms with Crippen molar-refractivity contribution in [1.29, 1.82) is 0 Å². The standard InChI is InChI=1S/C9H16N2O3S/c10-8-3-9(12)11(5-8)4-7-1-2-15(13,14)6-7/h7-8H,1-6,10H2. The third-order valence-electron chi connectivity index (χ3n) is 3.05. The summed E-state index contributed by atoms with van der Waals surface area (Å²) in [6, 6.07) is -0.0736. The number of hydrogen-bond donors (Lipinski definition) is 1. The van der Waals surface area contributed by atoms with E-state index < -0.39 is 9.84 Å². The summed E-state index contributed by atoms with van der Waals surface area (Å²) in [5, 5.41) is 0. The Kier molecular flexibility index (Phi) is 2.72. The first-order valence-electron chi connectivity index (χ1n) is 5.20.